The molecule has 39 heavy (non-hydrogen) atoms. The number of anilines is 1. The van der Waals surface area contributed by atoms with Crippen LogP contribution in [0.25, 0.3) is 33.5 Å². The van der Waals surface area contributed by atoms with Crippen molar-refractivity contribution in [3.63, 3.8) is 0 Å². The Labute approximate surface area is 229 Å². The van der Waals surface area contributed by atoms with E-state index >= 15 is 0 Å². The number of amides is 1. The number of ether oxygens (including phenoxy) is 1. The highest BCUT2D eigenvalue weighted by molar-refractivity contribution is 6.76. The fraction of sp³-hybridized carbons (Fsp3) is 0.393. The highest BCUT2D eigenvalue weighted by Gasteiger charge is 2.26. The number of aryl methyl sites for hydroxylation is 1. The molecule has 5 heterocycles. The maximum absolute atomic E-state index is 11.1. The number of nitrogens with one attached hydrogen (secondary N) is 1. The largest absolute Gasteiger partial charge is 0.465 e. The maximum Gasteiger partial charge on any atom is 0.404 e. The van der Waals surface area contributed by atoms with Gasteiger partial charge in [0.25, 0.3) is 0 Å². The SMILES string of the molecule is Cc1ccc(-c2nn(COCC[Si](C)(C)C)c3cnc(-c4cccnc4)cc23)nc1N1CCC(NC(=O)O)C1. The maximum atomic E-state index is 11.1. The molecule has 0 radical (unpaired) electrons. The summed E-state index contributed by atoms with van der Waals surface area (Å²) in [4.78, 5) is 27.3. The predicted molar refractivity (Wildman–Crippen MR) is 155 cm³/mol. The van der Waals surface area contributed by atoms with Gasteiger partial charge in [0.05, 0.1) is 29.1 Å². The molecule has 5 rings (SSSR count). The molecule has 11 heteroatoms. The summed E-state index contributed by atoms with van der Waals surface area (Å²) in [5.74, 6) is 0.845. The predicted octanol–water partition coefficient (Wildman–Crippen LogP) is 5.02. The second-order valence-corrected chi connectivity index (χ2v) is 16.9. The third kappa shape index (κ3) is 6.26. The number of hydrogen-bond donors (Lipinski definition) is 2. The molecule has 0 aliphatic carbocycles. The lowest BCUT2D eigenvalue weighted by Gasteiger charge is -2.20. The van der Waals surface area contributed by atoms with Crippen LogP contribution in [0.15, 0.2) is 48.9 Å². The Balaban J connectivity index is 1.51. The van der Waals surface area contributed by atoms with Crippen molar-refractivity contribution in [1.82, 2.24) is 30.0 Å². The zero-order valence-electron chi connectivity index (χ0n) is 22.9. The van der Waals surface area contributed by atoms with Crippen LogP contribution in [0.2, 0.25) is 25.7 Å². The second kappa shape index (κ2) is 11.1. The first-order chi connectivity index (χ1) is 18.7. The minimum Gasteiger partial charge on any atom is -0.465 e. The van der Waals surface area contributed by atoms with Crippen molar-refractivity contribution in [2.45, 2.75) is 51.8 Å². The molecule has 0 spiro atoms. The van der Waals surface area contributed by atoms with Gasteiger partial charge in [-0.2, -0.15) is 5.10 Å². The van der Waals surface area contributed by atoms with Crippen LogP contribution in [-0.2, 0) is 11.5 Å². The minimum absolute atomic E-state index is 0.117. The summed E-state index contributed by atoms with van der Waals surface area (Å²) in [7, 11) is -1.21. The molecule has 1 atom stereocenters. The average Bonchev–Trinajstić information content (AvgIpc) is 3.51. The summed E-state index contributed by atoms with van der Waals surface area (Å²) < 4.78 is 7.91. The normalized spacial score (nSPS) is 15.7. The van der Waals surface area contributed by atoms with Crippen LogP contribution in [0.1, 0.15) is 12.0 Å². The Morgan fingerprint density at radius 2 is 2.05 bits per heavy atom. The van der Waals surface area contributed by atoms with Gasteiger partial charge >= 0.3 is 6.09 Å². The van der Waals surface area contributed by atoms with E-state index in [9.17, 15) is 4.79 Å². The molecule has 2 N–H and O–H groups in total. The Morgan fingerprint density at radius 1 is 1.21 bits per heavy atom. The smallest absolute Gasteiger partial charge is 0.404 e. The third-order valence-corrected chi connectivity index (χ3v) is 8.64. The van der Waals surface area contributed by atoms with Gasteiger partial charge in [0.2, 0.25) is 0 Å². The molecule has 1 unspecified atom stereocenters. The van der Waals surface area contributed by atoms with Crippen molar-refractivity contribution in [2.24, 2.45) is 0 Å². The van der Waals surface area contributed by atoms with Crippen LogP contribution in [-0.4, -0.2) is 69.7 Å². The van der Waals surface area contributed by atoms with Crippen molar-refractivity contribution in [2.75, 3.05) is 24.6 Å². The van der Waals surface area contributed by atoms with Crippen LogP contribution < -0.4 is 10.2 Å². The van der Waals surface area contributed by atoms with Crippen molar-refractivity contribution in [3.8, 4) is 22.6 Å². The fourth-order valence-corrected chi connectivity index (χ4v) is 5.53. The lowest BCUT2D eigenvalue weighted by Crippen LogP contribution is -2.36. The van der Waals surface area contributed by atoms with E-state index in [4.69, 9.17) is 24.9 Å². The second-order valence-electron chi connectivity index (χ2n) is 11.2. The number of pyridine rings is 3. The number of fused-ring (bicyclic) bond motifs is 1. The summed E-state index contributed by atoms with van der Waals surface area (Å²) in [6.45, 7) is 11.4. The van der Waals surface area contributed by atoms with Crippen LogP contribution >= 0.6 is 0 Å². The topological polar surface area (TPSA) is 118 Å². The monoisotopic (exact) mass is 545 g/mol. The van der Waals surface area contributed by atoms with E-state index in [1.807, 2.05) is 48.1 Å². The molecule has 1 aliphatic heterocycles. The van der Waals surface area contributed by atoms with E-state index in [2.05, 4.69) is 34.8 Å². The first kappa shape index (κ1) is 26.8. The molecule has 0 bridgehead atoms. The molecule has 1 amide bonds. The van der Waals surface area contributed by atoms with Crippen LogP contribution in [0.3, 0.4) is 0 Å². The summed E-state index contributed by atoms with van der Waals surface area (Å²) in [6, 6.07) is 10.9. The molecule has 0 aromatic carbocycles. The van der Waals surface area contributed by atoms with Gasteiger partial charge in [-0.25, -0.2) is 14.5 Å². The highest BCUT2D eigenvalue weighted by Crippen LogP contribution is 2.32. The van der Waals surface area contributed by atoms with Crippen LogP contribution in [0, 0.1) is 6.92 Å². The van der Waals surface area contributed by atoms with E-state index in [1.54, 1.807) is 12.4 Å². The lowest BCUT2D eigenvalue weighted by atomic mass is 10.1. The van der Waals surface area contributed by atoms with Gasteiger partial charge in [0, 0.05) is 51.1 Å². The standard InChI is InChI=1S/C28H35N7O3Si/c1-19-7-8-23(32-27(19)34-11-9-21(17-34)31-28(36)37)26-22-14-24(20-6-5-10-29-15-20)30-16-25(22)35(33-26)18-38-12-13-39(2,3)4/h5-8,10,14-16,21,31H,9,11-13,17-18H2,1-4H3,(H,36,37). The lowest BCUT2D eigenvalue weighted by molar-refractivity contribution is 0.0818. The Hall–Kier alpha value is -3.83. The Bertz CT molecular complexity index is 1470. The Morgan fingerprint density at radius 3 is 2.79 bits per heavy atom. The molecule has 0 saturated carbocycles. The number of rotatable bonds is 9. The number of hydrogen-bond acceptors (Lipinski definition) is 7. The van der Waals surface area contributed by atoms with Crippen molar-refractivity contribution < 1.29 is 14.6 Å². The van der Waals surface area contributed by atoms with E-state index in [1.165, 1.54) is 0 Å². The summed E-state index contributed by atoms with van der Waals surface area (Å²) in [5, 5.41) is 17.6. The molecule has 4 aromatic rings. The van der Waals surface area contributed by atoms with Gasteiger partial charge in [-0.1, -0.05) is 25.7 Å². The number of nitrogens with zero attached hydrogens (tertiary/aromatic N) is 6. The quantitative estimate of drug-likeness (QED) is 0.222. The van der Waals surface area contributed by atoms with E-state index in [0.29, 0.717) is 19.9 Å². The van der Waals surface area contributed by atoms with Gasteiger partial charge in [-0.3, -0.25) is 9.97 Å². The van der Waals surface area contributed by atoms with Gasteiger partial charge in [0.15, 0.2) is 0 Å². The van der Waals surface area contributed by atoms with Gasteiger partial charge in [-0.15, -0.1) is 0 Å². The van der Waals surface area contributed by atoms with Crippen molar-refractivity contribution >= 4 is 30.9 Å². The summed E-state index contributed by atoms with van der Waals surface area (Å²) in [6.07, 6.45) is 5.13. The van der Waals surface area contributed by atoms with Crippen LogP contribution in [0.5, 0.6) is 0 Å². The summed E-state index contributed by atoms with van der Waals surface area (Å²) >= 11 is 0. The zero-order chi connectivity index (χ0) is 27.6. The minimum atomic E-state index is -1.21. The summed E-state index contributed by atoms with van der Waals surface area (Å²) in [5.41, 5.74) is 5.15. The molecule has 204 valence electrons. The first-order valence-corrected chi connectivity index (χ1v) is 17.0. The van der Waals surface area contributed by atoms with Gasteiger partial charge in [-0.05, 0) is 49.2 Å². The highest BCUT2D eigenvalue weighted by atomic mass is 28.3. The molecular formula is C28H35N7O3Si. The fourth-order valence-electron chi connectivity index (χ4n) is 4.78. The van der Waals surface area contributed by atoms with Crippen LogP contribution in [0.4, 0.5) is 10.6 Å². The molecule has 1 saturated heterocycles. The average molecular weight is 546 g/mol. The first-order valence-electron chi connectivity index (χ1n) is 13.2. The molecule has 1 aliphatic rings. The number of carboxylic acid groups (broad SMARTS) is 1. The molecule has 10 nitrogen and oxygen atoms in total. The molecule has 4 aromatic heterocycles. The molecular weight excluding hydrogens is 510 g/mol. The van der Waals surface area contributed by atoms with E-state index in [-0.39, 0.29) is 6.04 Å². The van der Waals surface area contributed by atoms with E-state index < -0.39 is 14.2 Å². The van der Waals surface area contributed by atoms with Gasteiger partial charge < -0.3 is 20.1 Å². The van der Waals surface area contributed by atoms with Crippen molar-refractivity contribution in [3.05, 3.63) is 54.5 Å². The molecule has 1 fully saturated rings. The Kier molecular flexibility index (Phi) is 7.62. The van der Waals surface area contributed by atoms with Gasteiger partial charge in [0.1, 0.15) is 18.2 Å². The number of aromatic nitrogens is 5. The van der Waals surface area contributed by atoms with E-state index in [0.717, 1.165) is 63.9 Å². The third-order valence-electron chi connectivity index (χ3n) is 6.93. The van der Waals surface area contributed by atoms with Crippen molar-refractivity contribution in [1.29, 1.82) is 0 Å². The zero-order valence-corrected chi connectivity index (χ0v) is 23.9. The number of carbonyl (C=O) groups is 1.